The average Bonchev–Trinajstić information content (AvgIpc) is 1.79. The van der Waals surface area contributed by atoms with Crippen LogP contribution in [0.25, 0.3) is 0 Å². The SMILES string of the molecule is CC(C)CCCC[C@@H](N)O. The molecule has 0 aromatic carbocycles. The van der Waals surface area contributed by atoms with Crippen molar-refractivity contribution in [2.75, 3.05) is 0 Å². The van der Waals surface area contributed by atoms with E-state index in [0.29, 0.717) is 0 Å². The molecule has 0 heterocycles. The lowest BCUT2D eigenvalue weighted by atomic mass is 10.1. The van der Waals surface area contributed by atoms with E-state index < -0.39 is 6.23 Å². The summed E-state index contributed by atoms with van der Waals surface area (Å²) in [6.07, 6.45) is 3.62. The maximum atomic E-state index is 8.70. The van der Waals surface area contributed by atoms with Crippen molar-refractivity contribution in [2.24, 2.45) is 11.7 Å². The predicted molar refractivity (Wildman–Crippen MR) is 43.5 cm³/mol. The molecule has 0 bridgehead atoms. The van der Waals surface area contributed by atoms with Crippen LogP contribution in [0.2, 0.25) is 0 Å². The minimum atomic E-state index is -0.604. The molecule has 0 aliphatic heterocycles. The van der Waals surface area contributed by atoms with E-state index in [4.69, 9.17) is 10.8 Å². The molecule has 0 amide bonds. The van der Waals surface area contributed by atoms with Gasteiger partial charge in [0.2, 0.25) is 0 Å². The first-order valence-corrected chi connectivity index (χ1v) is 4.06. The van der Waals surface area contributed by atoms with Crippen molar-refractivity contribution < 1.29 is 5.11 Å². The van der Waals surface area contributed by atoms with Gasteiger partial charge in [0.1, 0.15) is 6.23 Å². The standard InChI is InChI=1S/C8H19NO/c1-7(2)5-3-4-6-8(9)10/h7-8,10H,3-6,9H2,1-2H3/t8-/m0/s1. The number of hydrogen-bond donors (Lipinski definition) is 2. The van der Waals surface area contributed by atoms with E-state index in [9.17, 15) is 0 Å². The lowest BCUT2D eigenvalue weighted by molar-refractivity contribution is 0.167. The van der Waals surface area contributed by atoms with Crippen molar-refractivity contribution in [3.63, 3.8) is 0 Å². The number of aliphatic hydroxyl groups excluding tert-OH is 1. The Morgan fingerprint density at radius 3 is 2.10 bits per heavy atom. The molecule has 0 saturated carbocycles. The van der Waals surface area contributed by atoms with Crippen LogP contribution in [0.3, 0.4) is 0 Å². The Balaban J connectivity index is 2.91. The summed E-state index contributed by atoms with van der Waals surface area (Å²) < 4.78 is 0. The van der Waals surface area contributed by atoms with Gasteiger partial charge in [-0.3, -0.25) is 0 Å². The van der Waals surface area contributed by atoms with Crippen LogP contribution in [0, 0.1) is 5.92 Å². The lowest BCUT2D eigenvalue weighted by Gasteiger charge is -2.05. The van der Waals surface area contributed by atoms with Crippen LogP contribution in [0.5, 0.6) is 0 Å². The largest absolute Gasteiger partial charge is 0.379 e. The Morgan fingerprint density at radius 2 is 1.70 bits per heavy atom. The van der Waals surface area contributed by atoms with E-state index in [1.54, 1.807) is 0 Å². The summed E-state index contributed by atoms with van der Waals surface area (Å²) in [5.74, 6) is 0.773. The molecule has 0 saturated heterocycles. The number of nitrogens with two attached hydrogens (primary N) is 1. The second-order valence-electron chi connectivity index (χ2n) is 3.25. The first-order valence-electron chi connectivity index (χ1n) is 4.06. The number of unbranched alkanes of at least 4 members (excludes halogenated alkanes) is 1. The van der Waals surface area contributed by atoms with Crippen molar-refractivity contribution in [1.29, 1.82) is 0 Å². The minimum absolute atomic E-state index is 0.604. The summed E-state index contributed by atoms with van der Waals surface area (Å²) in [5.41, 5.74) is 5.16. The van der Waals surface area contributed by atoms with Crippen molar-refractivity contribution in [2.45, 2.75) is 45.8 Å². The van der Waals surface area contributed by atoms with Crippen LogP contribution in [0.15, 0.2) is 0 Å². The molecule has 0 aromatic heterocycles. The number of aliphatic hydroxyl groups is 1. The Bertz CT molecular complexity index is 61.7. The van der Waals surface area contributed by atoms with E-state index >= 15 is 0 Å². The monoisotopic (exact) mass is 145 g/mol. The highest BCUT2D eigenvalue weighted by molar-refractivity contribution is 4.49. The fourth-order valence-corrected chi connectivity index (χ4v) is 0.906. The molecule has 0 radical (unpaired) electrons. The molecule has 0 aliphatic rings. The minimum Gasteiger partial charge on any atom is -0.379 e. The second-order valence-corrected chi connectivity index (χ2v) is 3.25. The van der Waals surface area contributed by atoms with Gasteiger partial charge in [-0.25, -0.2) is 0 Å². The lowest BCUT2D eigenvalue weighted by Crippen LogP contribution is -2.17. The third kappa shape index (κ3) is 7.92. The topological polar surface area (TPSA) is 46.2 Å². The molecule has 1 atom stereocenters. The third-order valence-electron chi connectivity index (χ3n) is 1.53. The van der Waals surface area contributed by atoms with Crippen LogP contribution < -0.4 is 5.73 Å². The van der Waals surface area contributed by atoms with Crippen molar-refractivity contribution in [3.8, 4) is 0 Å². The Kier molecular flexibility index (Phi) is 5.64. The predicted octanol–water partition coefficient (Wildman–Crippen LogP) is 1.48. The van der Waals surface area contributed by atoms with E-state index in [2.05, 4.69) is 13.8 Å². The van der Waals surface area contributed by atoms with Gasteiger partial charge in [0.25, 0.3) is 0 Å². The molecule has 0 fully saturated rings. The molecule has 0 spiro atoms. The summed E-state index contributed by atoms with van der Waals surface area (Å²) in [6.45, 7) is 4.41. The summed E-state index contributed by atoms with van der Waals surface area (Å²) >= 11 is 0. The molecule has 62 valence electrons. The molecule has 0 aromatic rings. The molecule has 2 heteroatoms. The number of rotatable bonds is 5. The zero-order valence-electron chi connectivity index (χ0n) is 7.01. The zero-order valence-corrected chi connectivity index (χ0v) is 7.01. The zero-order chi connectivity index (χ0) is 7.98. The third-order valence-corrected chi connectivity index (χ3v) is 1.53. The van der Waals surface area contributed by atoms with Gasteiger partial charge >= 0.3 is 0 Å². The van der Waals surface area contributed by atoms with E-state index in [1.165, 1.54) is 12.8 Å². The maximum Gasteiger partial charge on any atom is 0.102 e. The van der Waals surface area contributed by atoms with E-state index in [1.807, 2.05) is 0 Å². The Morgan fingerprint density at radius 1 is 1.20 bits per heavy atom. The summed E-state index contributed by atoms with van der Waals surface area (Å²) in [6, 6.07) is 0. The molecule has 3 N–H and O–H groups in total. The first kappa shape index (κ1) is 9.92. The highest BCUT2D eigenvalue weighted by Gasteiger charge is 1.96. The van der Waals surface area contributed by atoms with Crippen molar-refractivity contribution in [3.05, 3.63) is 0 Å². The first-order chi connectivity index (χ1) is 4.63. The van der Waals surface area contributed by atoms with E-state index in [-0.39, 0.29) is 0 Å². The van der Waals surface area contributed by atoms with Gasteiger partial charge in [0, 0.05) is 0 Å². The summed E-state index contributed by atoms with van der Waals surface area (Å²) in [4.78, 5) is 0. The normalized spacial score (nSPS) is 14.1. The fourth-order valence-electron chi connectivity index (χ4n) is 0.906. The molecule has 0 rings (SSSR count). The van der Waals surface area contributed by atoms with Gasteiger partial charge < -0.3 is 10.8 Å². The highest BCUT2D eigenvalue weighted by atomic mass is 16.3. The van der Waals surface area contributed by atoms with E-state index in [0.717, 1.165) is 18.8 Å². The number of hydrogen-bond acceptors (Lipinski definition) is 2. The molecule has 0 aliphatic carbocycles. The van der Waals surface area contributed by atoms with Crippen LogP contribution >= 0.6 is 0 Å². The molecule has 0 unspecified atom stereocenters. The van der Waals surface area contributed by atoms with Crippen LogP contribution in [-0.4, -0.2) is 11.3 Å². The fraction of sp³-hybridized carbons (Fsp3) is 1.00. The van der Waals surface area contributed by atoms with Crippen LogP contribution in [0.1, 0.15) is 39.5 Å². The smallest absolute Gasteiger partial charge is 0.102 e. The highest BCUT2D eigenvalue weighted by Crippen LogP contribution is 2.07. The van der Waals surface area contributed by atoms with Crippen molar-refractivity contribution in [1.82, 2.24) is 0 Å². The van der Waals surface area contributed by atoms with Gasteiger partial charge in [0.05, 0.1) is 0 Å². The quantitative estimate of drug-likeness (QED) is 0.454. The molecular weight excluding hydrogens is 126 g/mol. The maximum absolute atomic E-state index is 8.70. The van der Waals surface area contributed by atoms with Gasteiger partial charge in [-0.15, -0.1) is 0 Å². The molecule has 10 heavy (non-hydrogen) atoms. The summed E-state index contributed by atoms with van der Waals surface area (Å²) in [5, 5.41) is 8.70. The summed E-state index contributed by atoms with van der Waals surface area (Å²) in [7, 11) is 0. The molecular formula is C8H19NO. The second kappa shape index (κ2) is 5.69. The Labute approximate surface area is 63.4 Å². The Hall–Kier alpha value is -0.0800. The van der Waals surface area contributed by atoms with Crippen LogP contribution in [0.4, 0.5) is 0 Å². The van der Waals surface area contributed by atoms with Gasteiger partial charge in [-0.2, -0.15) is 0 Å². The molecule has 2 nitrogen and oxygen atoms in total. The van der Waals surface area contributed by atoms with Gasteiger partial charge in [0.15, 0.2) is 0 Å². The van der Waals surface area contributed by atoms with Gasteiger partial charge in [-0.1, -0.05) is 26.7 Å². The van der Waals surface area contributed by atoms with Crippen LogP contribution in [-0.2, 0) is 0 Å². The van der Waals surface area contributed by atoms with Crippen molar-refractivity contribution >= 4 is 0 Å². The average molecular weight is 145 g/mol. The van der Waals surface area contributed by atoms with Gasteiger partial charge in [-0.05, 0) is 18.8 Å².